The minimum Gasteiger partial charge on any atom is -0.383 e. The minimum atomic E-state index is -0.197. The summed E-state index contributed by atoms with van der Waals surface area (Å²) in [4.78, 5) is 4.39. The Kier molecular flexibility index (Phi) is 6.86. The predicted octanol–water partition coefficient (Wildman–Crippen LogP) is 2.41. The number of aliphatic imine (C=N–C) groups is 1. The molecule has 21 heavy (non-hydrogen) atoms. The van der Waals surface area contributed by atoms with Crippen LogP contribution in [0, 0.1) is 5.82 Å². The average Bonchev–Trinajstić information content (AvgIpc) is 3.18. The van der Waals surface area contributed by atoms with E-state index in [2.05, 4.69) is 10.3 Å². The van der Waals surface area contributed by atoms with E-state index in [0.717, 1.165) is 18.4 Å². The van der Waals surface area contributed by atoms with Gasteiger partial charge in [0.05, 0.1) is 13.2 Å². The molecular formula is C15H23FIN3O. The summed E-state index contributed by atoms with van der Waals surface area (Å²) in [5, 5.41) is 3.07. The van der Waals surface area contributed by atoms with E-state index in [0.29, 0.717) is 19.1 Å². The second-order valence-electron chi connectivity index (χ2n) is 5.49. The van der Waals surface area contributed by atoms with Crippen LogP contribution in [0.3, 0.4) is 0 Å². The molecule has 1 aliphatic carbocycles. The number of nitrogens with two attached hydrogens (primary N) is 1. The molecule has 1 aromatic rings. The molecule has 4 nitrogen and oxygen atoms in total. The van der Waals surface area contributed by atoms with Gasteiger partial charge in [-0.05, 0) is 37.5 Å². The lowest BCUT2D eigenvalue weighted by atomic mass is 9.96. The maximum absolute atomic E-state index is 13.3. The Morgan fingerprint density at radius 1 is 1.52 bits per heavy atom. The lowest BCUT2D eigenvalue weighted by molar-refractivity contribution is 0.179. The van der Waals surface area contributed by atoms with Crippen molar-refractivity contribution in [2.75, 3.05) is 20.3 Å². The van der Waals surface area contributed by atoms with Crippen molar-refractivity contribution in [2.45, 2.75) is 31.2 Å². The van der Waals surface area contributed by atoms with E-state index in [1.807, 2.05) is 13.0 Å². The highest BCUT2D eigenvalue weighted by atomic mass is 127. The highest BCUT2D eigenvalue weighted by molar-refractivity contribution is 14.0. The summed E-state index contributed by atoms with van der Waals surface area (Å²) >= 11 is 0. The molecule has 1 fully saturated rings. The van der Waals surface area contributed by atoms with Crippen molar-refractivity contribution in [3.63, 3.8) is 0 Å². The molecule has 1 unspecified atom stereocenters. The molecule has 1 aliphatic rings. The first-order valence-electron chi connectivity index (χ1n) is 6.87. The number of hydrogen-bond acceptors (Lipinski definition) is 2. The number of guanidine groups is 1. The average molecular weight is 407 g/mol. The van der Waals surface area contributed by atoms with Crippen molar-refractivity contribution < 1.29 is 9.13 Å². The maximum atomic E-state index is 13.3. The molecule has 0 amide bonds. The zero-order valence-electron chi connectivity index (χ0n) is 12.4. The smallest absolute Gasteiger partial charge is 0.188 e. The first-order chi connectivity index (χ1) is 9.55. The molecule has 1 saturated carbocycles. The first-order valence-corrected chi connectivity index (χ1v) is 6.87. The minimum absolute atomic E-state index is 0. The van der Waals surface area contributed by atoms with Crippen LogP contribution in [-0.2, 0) is 10.2 Å². The van der Waals surface area contributed by atoms with Gasteiger partial charge in [0.1, 0.15) is 5.82 Å². The summed E-state index contributed by atoms with van der Waals surface area (Å²) in [6, 6.07) is 6.89. The molecule has 0 aromatic heterocycles. The van der Waals surface area contributed by atoms with Crippen LogP contribution in [0.5, 0.6) is 0 Å². The Hall–Kier alpha value is -0.890. The highest BCUT2D eigenvalue weighted by Gasteiger charge is 2.44. The Morgan fingerprint density at radius 2 is 2.24 bits per heavy atom. The Labute approximate surface area is 142 Å². The van der Waals surface area contributed by atoms with E-state index in [1.165, 1.54) is 6.07 Å². The van der Waals surface area contributed by atoms with Crippen molar-refractivity contribution in [3.8, 4) is 0 Å². The van der Waals surface area contributed by atoms with Gasteiger partial charge in [-0.1, -0.05) is 12.1 Å². The van der Waals surface area contributed by atoms with Crippen LogP contribution in [-0.4, -0.2) is 32.3 Å². The summed E-state index contributed by atoms with van der Waals surface area (Å²) in [5.74, 6) is 0.217. The zero-order valence-corrected chi connectivity index (χ0v) is 14.8. The quantitative estimate of drug-likeness (QED) is 0.433. The first kappa shape index (κ1) is 18.2. The summed E-state index contributed by atoms with van der Waals surface area (Å²) in [6.07, 6.45) is 2.06. The Morgan fingerprint density at radius 3 is 2.81 bits per heavy atom. The molecule has 0 bridgehead atoms. The van der Waals surface area contributed by atoms with Crippen molar-refractivity contribution in [1.82, 2.24) is 5.32 Å². The number of nitrogens with zero attached hydrogens (tertiary/aromatic N) is 1. The number of halogens is 2. The van der Waals surface area contributed by atoms with Crippen molar-refractivity contribution in [2.24, 2.45) is 10.7 Å². The third-order valence-electron chi connectivity index (χ3n) is 3.65. The van der Waals surface area contributed by atoms with Gasteiger partial charge in [-0.2, -0.15) is 0 Å². The normalized spacial score (nSPS) is 17.8. The Bertz CT molecular complexity index is 492. The van der Waals surface area contributed by atoms with E-state index < -0.39 is 0 Å². The third-order valence-corrected chi connectivity index (χ3v) is 3.65. The van der Waals surface area contributed by atoms with Crippen LogP contribution >= 0.6 is 24.0 Å². The predicted molar refractivity (Wildman–Crippen MR) is 93.7 cm³/mol. The topological polar surface area (TPSA) is 59.6 Å². The lowest BCUT2D eigenvalue weighted by Crippen LogP contribution is -2.41. The van der Waals surface area contributed by atoms with Gasteiger partial charge in [0.15, 0.2) is 5.96 Å². The van der Waals surface area contributed by atoms with E-state index in [4.69, 9.17) is 10.5 Å². The molecule has 1 aromatic carbocycles. The molecule has 0 spiro atoms. The van der Waals surface area contributed by atoms with Crippen molar-refractivity contribution in [1.29, 1.82) is 0 Å². The number of hydrogen-bond donors (Lipinski definition) is 2. The van der Waals surface area contributed by atoms with Crippen LogP contribution < -0.4 is 11.1 Å². The van der Waals surface area contributed by atoms with Gasteiger partial charge in [0.25, 0.3) is 0 Å². The van der Waals surface area contributed by atoms with Gasteiger partial charge < -0.3 is 15.8 Å². The molecule has 0 aliphatic heterocycles. The zero-order chi connectivity index (χ0) is 14.6. The molecule has 0 heterocycles. The molecule has 2 rings (SSSR count). The summed E-state index contributed by atoms with van der Waals surface area (Å²) < 4.78 is 18.3. The SMILES string of the molecule is COCC(C)NC(N)=NCC1(c2cccc(F)c2)CC1.I. The number of rotatable bonds is 6. The second kappa shape index (κ2) is 7.93. The van der Waals surface area contributed by atoms with Crippen LogP contribution in [0.2, 0.25) is 0 Å². The van der Waals surface area contributed by atoms with Crippen LogP contribution in [0.15, 0.2) is 29.3 Å². The molecule has 0 radical (unpaired) electrons. The number of ether oxygens (including phenoxy) is 1. The lowest BCUT2D eigenvalue weighted by Gasteiger charge is -2.16. The van der Waals surface area contributed by atoms with Crippen LogP contribution in [0.4, 0.5) is 4.39 Å². The second-order valence-corrected chi connectivity index (χ2v) is 5.49. The molecule has 118 valence electrons. The standard InChI is InChI=1S/C15H22FN3O.HI/c1-11(9-20-2)19-14(17)18-10-15(6-7-15)12-4-3-5-13(16)8-12;/h3-5,8,11H,6-7,9-10H2,1-2H3,(H3,17,18,19);1H. The summed E-state index contributed by atoms with van der Waals surface area (Å²) in [7, 11) is 1.65. The van der Waals surface area contributed by atoms with Gasteiger partial charge in [-0.25, -0.2) is 4.39 Å². The largest absolute Gasteiger partial charge is 0.383 e. The van der Waals surface area contributed by atoms with Crippen LogP contribution in [0.1, 0.15) is 25.3 Å². The van der Waals surface area contributed by atoms with Crippen molar-refractivity contribution in [3.05, 3.63) is 35.6 Å². The fraction of sp³-hybridized carbons (Fsp3) is 0.533. The molecule has 1 atom stereocenters. The summed E-state index contributed by atoms with van der Waals surface area (Å²) in [5.41, 5.74) is 6.84. The van der Waals surface area contributed by atoms with Gasteiger partial charge in [-0.15, -0.1) is 24.0 Å². The van der Waals surface area contributed by atoms with Crippen LogP contribution in [0.25, 0.3) is 0 Å². The Balaban J connectivity index is 0.00000220. The number of benzene rings is 1. The molecule has 6 heteroatoms. The monoisotopic (exact) mass is 407 g/mol. The van der Waals surface area contributed by atoms with Gasteiger partial charge >= 0.3 is 0 Å². The number of nitrogens with one attached hydrogen (secondary N) is 1. The van der Waals surface area contributed by atoms with Crippen molar-refractivity contribution >= 4 is 29.9 Å². The van der Waals surface area contributed by atoms with Gasteiger partial charge in [0, 0.05) is 18.6 Å². The maximum Gasteiger partial charge on any atom is 0.188 e. The number of methoxy groups -OCH3 is 1. The molecule has 3 N–H and O–H groups in total. The summed E-state index contributed by atoms with van der Waals surface area (Å²) in [6.45, 7) is 3.14. The van der Waals surface area contributed by atoms with Gasteiger partial charge in [-0.3, -0.25) is 4.99 Å². The van der Waals surface area contributed by atoms with E-state index in [9.17, 15) is 4.39 Å². The van der Waals surface area contributed by atoms with E-state index in [-0.39, 0.29) is 41.3 Å². The van der Waals surface area contributed by atoms with E-state index in [1.54, 1.807) is 19.2 Å². The van der Waals surface area contributed by atoms with E-state index >= 15 is 0 Å². The third kappa shape index (κ3) is 5.10. The molecule has 0 saturated heterocycles. The fourth-order valence-corrected chi connectivity index (χ4v) is 2.33. The van der Waals surface area contributed by atoms with Gasteiger partial charge in [0.2, 0.25) is 0 Å². The molecular weight excluding hydrogens is 384 g/mol. The fourth-order valence-electron chi connectivity index (χ4n) is 2.33. The highest BCUT2D eigenvalue weighted by Crippen LogP contribution is 2.48.